The Labute approximate surface area is 222 Å². The fourth-order valence-corrected chi connectivity index (χ4v) is 6.55. The van der Waals surface area contributed by atoms with E-state index in [-0.39, 0.29) is 17.7 Å². The molecule has 2 aromatic carbocycles. The van der Waals surface area contributed by atoms with Gasteiger partial charge in [-0.1, -0.05) is 54.1 Å². The van der Waals surface area contributed by atoms with Crippen LogP contribution >= 0.6 is 23.5 Å². The van der Waals surface area contributed by atoms with E-state index in [1.807, 2.05) is 30.3 Å². The van der Waals surface area contributed by atoms with Crippen molar-refractivity contribution in [1.29, 1.82) is 0 Å². The average Bonchev–Trinajstić information content (AvgIpc) is 3.27. The number of fused-ring (bicyclic) bond motifs is 1. The maximum absolute atomic E-state index is 13.5. The van der Waals surface area contributed by atoms with E-state index in [1.54, 1.807) is 32.9 Å². The Bertz CT molecular complexity index is 1280. The first-order valence-corrected chi connectivity index (χ1v) is 12.9. The van der Waals surface area contributed by atoms with Crippen molar-refractivity contribution in [2.45, 2.75) is 55.8 Å². The number of carbonyl (C=O) groups excluding carboxylic acids is 5. The molecule has 0 radical (unpaired) electrons. The molecular formula is C26H24ClN3O6S. The van der Waals surface area contributed by atoms with Crippen molar-refractivity contribution in [2.75, 3.05) is 0 Å². The van der Waals surface area contributed by atoms with Crippen LogP contribution in [0, 0.1) is 0 Å². The Kier molecular flexibility index (Phi) is 6.27. The quantitative estimate of drug-likeness (QED) is 0.138. The zero-order valence-electron chi connectivity index (χ0n) is 20.3. The van der Waals surface area contributed by atoms with Crippen LogP contribution in [0.15, 0.2) is 54.6 Å². The van der Waals surface area contributed by atoms with Crippen molar-refractivity contribution in [3.8, 4) is 0 Å². The van der Waals surface area contributed by atoms with Gasteiger partial charge < -0.3 is 9.64 Å². The fourth-order valence-electron chi connectivity index (χ4n) is 4.86. The fraction of sp³-hybridized carbons (Fsp3) is 0.346. The zero-order chi connectivity index (χ0) is 26.6. The van der Waals surface area contributed by atoms with Crippen molar-refractivity contribution >= 4 is 53.1 Å². The normalized spacial score (nSPS) is 25.3. The number of rotatable bonds is 6. The van der Waals surface area contributed by atoms with E-state index in [2.05, 4.69) is 0 Å². The predicted molar refractivity (Wildman–Crippen MR) is 135 cm³/mol. The lowest BCUT2D eigenvalue weighted by Crippen LogP contribution is -2.74. The summed E-state index contributed by atoms with van der Waals surface area (Å²) in [5, 5.41) is 0. The summed E-state index contributed by atoms with van der Waals surface area (Å²) < 4.78 is 5.88. The Balaban J connectivity index is 1.30. The number of likely N-dealkylation sites (tertiary alicyclic amines) is 1. The molecule has 3 aliphatic rings. The Morgan fingerprint density at radius 3 is 2.11 bits per heavy atom. The minimum absolute atomic E-state index is 0.0693. The highest BCUT2D eigenvalue weighted by atomic mass is 35.5. The lowest BCUT2D eigenvalue weighted by Gasteiger charge is -2.50. The molecule has 3 aliphatic heterocycles. The van der Waals surface area contributed by atoms with Crippen LogP contribution in [0.5, 0.6) is 0 Å². The van der Waals surface area contributed by atoms with Gasteiger partial charge >= 0.3 is 5.97 Å². The molecule has 0 spiro atoms. The number of ether oxygens (including phenoxy) is 1. The molecule has 5 rings (SSSR count). The summed E-state index contributed by atoms with van der Waals surface area (Å²) in [5.41, 5.74) is 0.148. The molecule has 9 nitrogen and oxygen atoms in total. The molecule has 3 heterocycles. The Morgan fingerprint density at radius 1 is 0.973 bits per heavy atom. The summed E-state index contributed by atoms with van der Waals surface area (Å²) in [5.74, 6) is -2.83. The second-order valence-electron chi connectivity index (χ2n) is 9.62. The number of imide groups is 1. The van der Waals surface area contributed by atoms with Gasteiger partial charge in [0.05, 0.1) is 15.9 Å². The molecule has 11 heteroatoms. The first-order chi connectivity index (χ1) is 17.5. The van der Waals surface area contributed by atoms with Crippen LogP contribution in [0.2, 0.25) is 0 Å². The van der Waals surface area contributed by atoms with Gasteiger partial charge in [-0.25, -0.2) is 4.79 Å². The van der Waals surface area contributed by atoms with Gasteiger partial charge in [0.25, 0.3) is 23.6 Å². The average molecular weight is 542 g/mol. The number of carbonyl (C=O) groups is 5. The lowest BCUT2D eigenvalue weighted by molar-refractivity contribution is -0.161. The first-order valence-electron chi connectivity index (χ1n) is 11.7. The molecule has 2 saturated heterocycles. The summed E-state index contributed by atoms with van der Waals surface area (Å²) in [6.07, 6.45) is 0. The highest BCUT2D eigenvalue weighted by molar-refractivity contribution is 7.99. The molecule has 4 amide bonds. The number of nitrogens with zero attached hydrogens (tertiary/aromatic N) is 3. The SMILES string of the molecule is C[C@@H](C(=O)OCc1ccccc1)N1SC(C)(C)[C@@H](N2C(=O)[C@@H](N3C(=O)c4ccccc4C3=O)[C@H]2Cl)C1=O. The third-order valence-corrected chi connectivity index (χ3v) is 8.61. The van der Waals surface area contributed by atoms with Crippen LogP contribution in [-0.2, 0) is 25.7 Å². The highest BCUT2D eigenvalue weighted by Crippen LogP contribution is 2.48. The molecule has 0 aromatic heterocycles. The number of halogens is 1. The minimum atomic E-state index is -1.22. The monoisotopic (exact) mass is 541 g/mol. The molecule has 0 unspecified atom stereocenters. The summed E-state index contributed by atoms with van der Waals surface area (Å²) in [6.45, 7) is 5.18. The largest absolute Gasteiger partial charge is 0.459 e. The smallest absolute Gasteiger partial charge is 0.329 e. The van der Waals surface area contributed by atoms with Crippen molar-refractivity contribution in [3.63, 3.8) is 0 Å². The molecule has 0 saturated carbocycles. The molecule has 37 heavy (non-hydrogen) atoms. The molecule has 192 valence electrons. The number of hydrogen-bond donors (Lipinski definition) is 0. The summed E-state index contributed by atoms with van der Waals surface area (Å²) in [7, 11) is 0. The van der Waals surface area contributed by atoms with E-state index in [9.17, 15) is 24.0 Å². The third kappa shape index (κ3) is 3.99. The number of hydrogen-bond acceptors (Lipinski definition) is 7. The van der Waals surface area contributed by atoms with Crippen molar-refractivity contribution in [2.24, 2.45) is 0 Å². The van der Waals surface area contributed by atoms with Crippen LogP contribution in [-0.4, -0.2) is 72.1 Å². The van der Waals surface area contributed by atoms with Crippen LogP contribution < -0.4 is 0 Å². The van der Waals surface area contributed by atoms with Gasteiger partial charge in [-0.3, -0.25) is 28.4 Å². The standard InChI is InChI=1S/C26H24ClN3O6S/c1-14(25(35)36-13-15-9-5-4-6-10-15)30-24(34)19(26(2,3)37-30)29-20(27)18(23(29)33)28-21(31)16-11-7-8-12-17(16)22(28)32/h4-12,14,18-20H,13H2,1-3H3/t14-,18-,19-,20-/m0/s1. The van der Waals surface area contributed by atoms with Gasteiger partial charge in [0.1, 0.15) is 24.2 Å². The van der Waals surface area contributed by atoms with E-state index in [1.165, 1.54) is 21.3 Å². The Hall–Kier alpha value is -3.37. The van der Waals surface area contributed by atoms with Crippen molar-refractivity contribution < 1.29 is 28.7 Å². The lowest BCUT2D eigenvalue weighted by atomic mass is 9.93. The maximum Gasteiger partial charge on any atom is 0.329 e. The van der Waals surface area contributed by atoms with Gasteiger partial charge in [0, 0.05) is 0 Å². The minimum Gasteiger partial charge on any atom is -0.459 e. The zero-order valence-corrected chi connectivity index (χ0v) is 21.9. The van der Waals surface area contributed by atoms with Crippen LogP contribution in [0.1, 0.15) is 47.1 Å². The van der Waals surface area contributed by atoms with Crippen LogP contribution in [0.25, 0.3) is 0 Å². The number of β-lactam (4-membered cyclic amide) rings is 1. The topological polar surface area (TPSA) is 104 Å². The molecule has 0 bridgehead atoms. The van der Waals surface area contributed by atoms with Crippen LogP contribution in [0.4, 0.5) is 0 Å². The number of amides is 4. The second kappa shape index (κ2) is 9.18. The molecule has 2 aromatic rings. The number of alkyl halides is 1. The van der Waals surface area contributed by atoms with Gasteiger partial charge in [-0.15, -0.1) is 0 Å². The summed E-state index contributed by atoms with van der Waals surface area (Å²) in [6, 6.07) is 12.4. The summed E-state index contributed by atoms with van der Waals surface area (Å²) >= 11 is 7.73. The van der Waals surface area contributed by atoms with Crippen molar-refractivity contribution in [1.82, 2.24) is 14.1 Å². The van der Waals surface area contributed by atoms with E-state index in [4.69, 9.17) is 16.3 Å². The maximum atomic E-state index is 13.5. The second-order valence-corrected chi connectivity index (χ2v) is 11.7. The van der Waals surface area contributed by atoms with Crippen LogP contribution in [0.3, 0.4) is 0 Å². The van der Waals surface area contributed by atoms with E-state index < -0.39 is 58.0 Å². The number of esters is 1. The highest BCUT2D eigenvalue weighted by Gasteiger charge is 2.64. The van der Waals surface area contributed by atoms with E-state index >= 15 is 0 Å². The first kappa shape index (κ1) is 25.3. The van der Waals surface area contributed by atoms with E-state index in [0.29, 0.717) is 0 Å². The van der Waals surface area contributed by atoms with Gasteiger partial charge in [0.15, 0.2) is 6.04 Å². The third-order valence-electron chi connectivity index (χ3n) is 6.78. The molecule has 0 aliphatic carbocycles. The van der Waals surface area contributed by atoms with Gasteiger partial charge in [0.2, 0.25) is 0 Å². The van der Waals surface area contributed by atoms with Crippen molar-refractivity contribution in [3.05, 3.63) is 71.3 Å². The summed E-state index contributed by atoms with van der Waals surface area (Å²) in [4.78, 5) is 67.4. The molecule has 2 fully saturated rings. The Morgan fingerprint density at radius 2 is 1.54 bits per heavy atom. The molecular weight excluding hydrogens is 518 g/mol. The van der Waals surface area contributed by atoms with E-state index in [0.717, 1.165) is 22.4 Å². The van der Waals surface area contributed by atoms with Gasteiger partial charge in [-0.2, -0.15) is 0 Å². The van der Waals surface area contributed by atoms with Gasteiger partial charge in [-0.05, 0) is 50.4 Å². The predicted octanol–water partition coefficient (Wildman–Crippen LogP) is 2.83. The molecule has 4 atom stereocenters. The molecule has 0 N–H and O–H groups in total. The number of benzene rings is 2.